The number of carbonyl (C=O) groups is 3. The van der Waals surface area contributed by atoms with Crippen molar-refractivity contribution in [1.29, 1.82) is 0 Å². The summed E-state index contributed by atoms with van der Waals surface area (Å²) in [5, 5.41) is 36.2. The molecule has 0 spiro atoms. The summed E-state index contributed by atoms with van der Waals surface area (Å²) in [5.74, 6) is 0.303. The maximum Gasteiger partial charge on any atom is 0.172 e. The molecule has 0 unspecified atom stereocenters. The predicted octanol–water partition coefficient (Wildman–Crippen LogP) is 28.8. The number of para-hydroxylation sites is 4. The number of aromatic nitrogens is 13. The molecule has 0 fully saturated rings. The molecule has 8 aromatic heterocycles. The average molecular weight is 2810 g/mol. The van der Waals surface area contributed by atoms with Gasteiger partial charge >= 0.3 is 0 Å². The van der Waals surface area contributed by atoms with E-state index in [1.807, 2.05) is 237 Å². The van der Waals surface area contributed by atoms with Gasteiger partial charge in [0.2, 0.25) is 0 Å². The number of nitrogens with zero attached hydrogens (tertiary/aromatic N) is 13. The molecular weight excluding hydrogens is 2710 g/mol. The predicted molar refractivity (Wildman–Crippen MR) is 562 cm³/mol. The fourth-order valence-electron chi connectivity index (χ4n) is 14.5. The first-order valence-electron chi connectivity index (χ1n) is 45.3. The Bertz CT molecular complexity index is 7520. The first-order chi connectivity index (χ1) is 68.2. The van der Waals surface area contributed by atoms with E-state index in [-0.39, 0.29) is 141 Å². The Morgan fingerprint density at radius 3 is 1.32 bits per heavy atom. The van der Waals surface area contributed by atoms with Crippen molar-refractivity contribution in [2.24, 2.45) is 0 Å². The number of benzene rings is 14. The smallest absolute Gasteiger partial charge is 0.172 e. The van der Waals surface area contributed by atoms with E-state index in [2.05, 4.69) is 184 Å². The number of carbonyl (C=O) groups excluding carboxylic acids is 3. The number of fused-ring (bicyclic) bond motifs is 7. The van der Waals surface area contributed by atoms with Gasteiger partial charge in [-0.15, -0.1) is 185 Å². The van der Waals surface area contributed by atoms with Crippen LogP contribution >= 0.6 is 0 Å². The molecule has 0 saturated heterocycles. The van der Waals surface area contributed by atoms with Gasteiger partial charge in [-0.1, -0.05) is 185 Å². The van der Waals surface area contributed by atoms with Crippen LogP contribution in [0.2, 0.25) is 0 Å². The summed E-state index contributed by atoms with van der Waals surface area (Å²) in [6.45, 7) is 22.5. The second kappa shape index (κ2) is 61.5. The normalized spacial score (nSPS) is 10.3. The third-order valence-corrected chi connectivity index (χ3v) is 20.0. The number of imidazole rings is 2. The molecule has 8 heterocycles. The standard InChI is InChI=1S/2C19H13N2.C19H10N.C18H12N3.C12H7N4.C11H6F2N.3C5H8O2.3C2H6.5Ir/c1-13-19(14-7-3-2-4-8-14)21-18-12-16-10-6-5-9-15(16)11-17(18)20-13;1-3-9-15(10-4-1)19-20-17-13-7-8-14-18(17)21(19)16-11-5-2-6-12-16;1-4-12-5-3-9-16-17(12)14(7-1)15-8-2-6-13-10-11-20-19(16)18(13)15;1-3-8-14(9-4-1)17-20-16-12-7-13-19-18(16)21(17)15-10-5-2-6-11-15;1-2-4-9(5-3-1)10-11-12(16-8-15-10)14-7-6-13-11;12-8-4-5-9(10(13)7-8)11-3-1-2-6-14-11;3*1-4(6)3-5(2)7;3*1-2;;;;;/h2-7,9-12H,1H3;1-9,11-14H;1-8,10-11H;1-8,10-13H;1-4,6-8H;1-4,6-7H;3*3,6H,1-2H3;3*1-2H3;;;;;/q6*-1;;;;;;;;;;;. The van der Waals surface area contributed by atoms with Crippen molar-refractivity contribution in [3.63, 3.8) is 0 Å². The van der Waals surface area contributed by atoms with E-state index in [0.717, 1.165) is 119 Å². The van der Waals surface area contributed by atoms with E-state index in [1.165, 1.54) is 109 Å². The van der Waals surface area contributed by atoms with E-state index in [1.54, 1.807) is 43.0 Å². The van der Waals surface area contributed by atoms with E-state index in [0.29, 0.717) is 16.9 Å². The number of aryl methyl sites for hydroxylation is 1. The van der Waals surface area contributed by atoms with Crippen molar-refractivity contribution in [1.82, 2.24) is 64.0 Å². The molecule has 0 atom stereocenters. The molecule has 0 bridgehead atoms. The number of hydrogen-bond donors (Lipinski definition) is 3. The van der Waals surface area contributed by atoms with Crippen LogP contribution in [0.15, 0.2) is 388 Å². The Morgan fingerprint density at radius 2 is 0.800 bits per heavy atom. The van der Waals surface area contributed by atoms with Gasteiger partial charge in [-0.05, 0) is 159 Å². The Balaban J connectivity index is 0.000000252. The Morgan fingerprint density at radius 1 is 0.345 bits per heavy atom. The number of halogens is 2. The first kappa shape index (κ1) is 119. The van der Waals surface area contributed by atoms with Crippen molar-refractivity contribution < 1.29 is 139 Å². The third kappa shape index (κ3) is 33.0. The molecule has 0 aliphatic heterocycles. The fraction of sp³-hybridized carbons (Fsp3) is 0.109. The van der Waals surface area contributed by atoms with Gasteiger partial charge in [0, 0.05) is 190 Å². The maximum atomic E-state index is 13.2. The molecular formula is C119H103F2Ir5N13O6-6. The molecule has 0 saturated carbocycles. The zero-order chi connectivity index (χ0) is 99.8. The van der Waals surface area contributed by atoms with Crippen LogP contribution in [-0.4, -0.2) is 96.6 Å². The Labute approximate surface area is 910 Å². The SMILES string of the molecule is CC.CC.CC.CC(=O)C=C(C)O.CC(=O)C=C(C)O.CC(=O)C=C(C)O.Cc1nc2cc3ccccc3cc2nc1-c1[c-]cccc1.Fc1c[c-]c(-c2ccccn2)c(F)c1.[Ir].[Ir].[Ir].[Ir].[Ir].[c-]1ccc2cccc3c4cccc5ccnc(c1c23)c54.[c-]1ccccc1-c1nc2ccccc2n1-c1ccccc1.[c-]1ccccc1-c1nc2cccnc2n1-c1ccccc1.[c-]1ccccc1-c1ncnc2nccnc12. The number of hydrogen-bond acceptors (Lipinski definition) is 17. The van der Waals surface area contributed by atoms with Gasteiger partial charge in [0.15, 0.2) is 28.6 Å². The van der Waals surface area contributed by atoms with Crippen LogP contribution in [0.4, 0.5) is 8.78 Å². The van der Waals surface area contributed by atoms with Gasteiger partial charge < -0.3 is 34.4 Å². The Hall–Kier alpha value is -14.5. The third-order valence-electron chi connectivity index (χ3n) is 20.0. The van der Waals surface area contributed by atoms with Crippen LogP contribution in [0.5, 0.6) is 0 Å². The average Bonchev–Trinajstić information content (AvgIpc) is 1.44. The molecule has 3 N–H and O–H groups in total. The van der Waals surface area contributed by atoms with Crippen molar-refractivity contribution in [3.8, 4) is 67.9 Å². The molecule has 0 aliphatic rings. The summed E-state index contributed by atoms with van der Waals surface area (Å²) >= 11 is 0. The monoisotopic (exact) mass is 2810 g/mol. The second-order valence-electron chi connectivity index (χ2n) is 30.1. The summed E-state index contributed by atoms with van der Waals surface area (Å²) in [6, 6.07) is 121. The number of pyridine rings is 3. The zero-order valence-corrected chi connectivity index (χ0v) is 93.5. The maximum absolute atomic E-state index is 13.2. The van der Waals surface area contributed by atoms with Gasteiger partial charge in [0.05, 0.1) is 62.0 Å². The Kier molecular flexibility index (Phi) is 50.6. The molecule has 145 heavy (non-hydrogen) atoms. The van der Waals surface area contributed by atoms with E-state index < -0.39 is 11.6 Å². The first-order valence-corrected chi connectivity index (χ1v) is 45.3. The zero-order valence-electron chi connectivity index (χ0n) is 81.5. The number of aliphatic hydroxyl groups is 3. The second-order valence-corrected chi connectivity index (χ2v) is 30.1. The van der Waals surface area contributed by atoms with Crippen LogP contribution < -0.4 is 0 Å². The van der Waals surface area contributed by atoms with Gasteiger partial charge in [-0.25, -0.2) is 15.0 Å². The minimum atomic E-state index is -0.649. The molecule has 26 heteroatoms. The van der Waals surface area contributed by atoms with Crippen LogP contribution in [0.25, 0.3) is 166 Å². The van der Waals surface area contributed by atoms with Crippen molar-refractivity contribution >= 4 is 116 Å². The summed E-state index contributed by atoms with van der Waals surface area (Å²) in [4.78, 5) is 78.9. The van der Waals surface area contributed by atoms with E-state index in [9.17, 15) is 23.2 Å². The van der Waals surface area contributed by atoms with Gasteiger partial charge in [-0.3, -0.25) is 53.1 Å². The molecule has 22 rings (SSSR count). The van der Waals surface area contributed by atoms with Crippen LogP contribution in [0.3, 0.4) is 0 Å². The quantitative estimate of drug-likeness (QED) is 0.0378. The van der Waals surface area contributed by atoms with Crippen molar-refractivity contribution in [3.05, 3.63) is 442 Å². The van der Waals surface area contributed by atoms with Crippen molar-refractivity contribution in [2.45, 2.75) is 90.0 Å². The number of aliphatic hydroxyl groups excluding tert-OH is 3. The summed E-state index contributed by atoms with van der Waals surface area (Å²) in [7, 11) is 0. The molecule has 22 aromatic rings. The van der Waals surface area contributed by atoms with Crippen LogP contribution in [0.1, 0.15) is 88.8 Å². The molecule has 5 radical (unpaired) electrons. The minimum absolute atomic E-state index is 0. The van der Waals surface area contributed by atoms with Crippen LogP contribution in [-0.2, 0) is 115 Å². The summed E-state index contributed by atoms with van der Waals surface area (Å²) in [6.07, 6.45) is 13.5. The molecule has 745 valence electrons. The van der Waals surface area contributed by atoms with Gasteiger partial charge in [-0.2, -0.15) is 0 Å². The van der Waals surface area contributed by atoms with Gasteiger partial charge in [0.1, 0.15) is 6.33 Å². The summed E-state index contributed by atoms with van der Waals surface area (Å²) < 4.78 is 30.0. The fourth-order valence-corrected chi connectivity index (χ4v) is 14.5. The minimum Gasteiger partial charge on any atom is -0.512 e. The van der Waals surface area contributed by atoms with E-state index >= 15 is 0 Å². The summed E-state index contributed by atoms with van der Waals surface area (Å²) in [5.41, 5.74) is 17.3. The topological polar surface area (TPSA) is 264 Å². The van der Waals surface area contributed by atoms with Gasteiger partial charge in [0.25, 0.3) is 0 Å². The number of rotatable bonds is 10. The molecule has 19 nitrogen and oxygen atoms in total. The number of ketones is 3. The largest absolute Gasteiger partial charge is 0.512 e. The number of allylic oxidation sites excluding steroid dienone is 6. The molecule has 0 aliphatic carbocycles. The molecule has 0 amide bonds. The molecule has 14 aromatic carbocycles. The van der Waals surface area contributed by atoms with Crippen molar-refractivity contribution in [2.75, 3.05) is 0 Å². The van der Waals surface area contributed by atoms with E-state index in [4.69, 9.17) is 35.3 Å². The van der Waals surface area contributed by atoms with Crippen LogP contribution in [0, 0.1) is 55.0 Å².